The third-order valence-corrected chi connectivity index (χ3v) is 4.42. The molecule has 1 heterocycles. The van der Waals surface area contributed by atoms with Gasteiger partial charge in [-0.25, -0.2) is 0 Å². The lowest BCUT2D eigenvalue weighted by molar-refractivity contribution is -0.345. The molecule has 29 heavy (non-hydrogen) atoms. The van der Waals surface area contributed by atoms with Crippen molar-refractivity contribution in [1.82, 2.24) is 4.90 Å². The molecule has 0 bridgehead atoms. The topological polar surface area (TPSA) is 150 Å². The molecule has 163 valence electrons. The van der Waals surface area contributed by atoms with Gasteiger partial charge in [0.05, 0.1) is 23.4 Å². The molecule has 2 N–H and O–H groups in total. The maximum Gasteiger partial charge on any atom is 0.0870 e. The zero-order valence-electron chi connectivity index (χ0n) is 16.9. The van der Waals surface area contributed by atoms with Crippen molar-refractivity contribution in [1.29, 1.82) is 0 Å². The Morgan fingerprint density at radius 3 is 1.90 bits per heavy atom. The molecule has 1 aliphatic rings. The predicted octanol–water partition coefficient (Wildman–Crippen LogP) is -1.38. The predicted molar refractivity (Wildman–Crippen MR) is 102 cm³/mol. The summed E-state index contributed by atoms with van der Waals surface area (Å²) in [5, 5.41) is 28.7. The summed E-state index contributed by atoms with van der Waals surface area (Å²) in [6.45, 7) is 8.19. The molecule has 8 nitrogen and oxygen atoms in total. The highest BCUT2D eigenvalue weighted by Crippen LogP contribution is 2.20. The number of nitrogens with zero attached hydrogens (tertiary/aromatic N) is 1. The third kappa shape index (κ3) is 11.9. The van der Waals surface area contributed by atoms with Gasteiger partial charge >= 0.3 is 0 Å². The number of rotatable bonds is 6. The molecule has 0 aromatic heterocycles. The van der Waals surface area contributed by atoms with E-state index in [2.05, 4.69) is 30.9 Å². The Balaban J connectivity index is 0.000000542. The van der Waals surface area contributed by atoms with Crippen molar-refractivity contribution < 1.29 is 29.7 Å². The summed E-state index contributed by atoms with van der Waals surface area (Å²) >= 11 is 0. The van der Waals surface area contributed by atoms with Gasteiger partial charge in [-0.05, 0) is 18.4 Å². The number of carbonyl (C=O) groups excluding carboxylic acids is 3. The maximum atomic E-state index is 10.9. The molecule has 1 aromatic rings. The van der Waals surface area contributed by atoms with Gasteiger partial charge in [-0.2, -0.15) is 0 Å². The molecule has 1 fully saturated rings. The van der Waals surface area contributed by atoms with Gasteiger partial charge in [0.2, 0.25) is 0 Å². The summed E-state index contributed by atoms with van der Waals surface area (Å²) in [6.07, 6.45) is 5.99. The number of nitrogens with two attached hydrogens (primary N) is 1. The van der Waals surface area contributed by atoms with E-state index in [9.17, 15) is 9.90 Å². The Labute approximate surface area is 172 Å². The van der Waals surface area contributed by atoms with Gasteiger partial charge in [-0.15, -0.1) is 0 Å². The molecule has 0 aliphatic carbocycles. The van der Waals surface area contributed by atoms with Gasteiger partial charge in [-0.1, -0.05) is 69.9 Å². The molecule has 0 unspecified atom stereocenters. The number of carboxylic acid groups (broad SMARTS) is 3. The summed E-state index contributed by atoms with van der Waals surface area (Å²) in [6, 6.07) is 10.1. The molecule has 1 radical (unpaired) electrons. The average Bonchev–Trinajstić information content (AvgIpc) is 2.70. The Morgan fingerprint density at radius 2 is 1.55 bits per heavy atom. The van der Waals surface area contributed by atoms with E-state index in [0.29, 0.717) is 25.9 Å². The van der Waals surface area contributed by atoms with Crippen molar-refractivity contribution in [3.8, 4) is 0 Å². The van der Waals surface area contributed by atoms with E-state index in [0.717, 1.165) is 13.0 Å². The molecular formula is C21H30N2O6-3. The van der Waals surface area contributed by atoms with Crippen molar-refractivity contribution in [3.63, 3.8) is 0 Å². The molecule has 1 aliphatic heterocycles. The normalized spacial score (nSPS) is 15.1. The smallest absolute Gasteiger partial charge is 0.0870 e. The number of unbranched alkanes of at least 4 members (excludes halogenated alkanes) is 3. The van der Waals surface area contributed by atoms with Crippen LogP contribution in [-0.2, 0) is 20.9 Å². The fourth-order valence-electron chi connectivity index (χ4n) is 2.58. The van der Waals surface area contributed by atoms with Crippen LogP contribution in [0.15, 0.2) is 30.3 Å². The van der Waals surface area contributed by atoms with Crippen LogP contribution in [0.5, 0.6) is 0 Å². The van der Waals surface area contributed by atoms with Crippen molar-refractivity contribution in [2.75, 3.05) is 13.1 Å². The molecule has 0 amide bonds. The van der Waals surface area contributed by atoms with Gasteiger partial charge in [0.25, 0.3) is 0 Å². The second kappa shape index (κ2) is 14.5. The zero-order chi connectivity index (χ0) is 22.3. The van der Waals surface area contributed by atoms with Crippen LogP contribution in [0, 0.1) is 6.92 Å². The first-order chi connectivity index (χ1) is 13.7. The molecule has 0 spiro atoms. The maximum absolute atomic E-state index is 10.9. The van der Waals surface area contributed by atoms with Crippen molar-refractivity contribution >= 4 is 17.9 Å². The lowest BCUT2D eigenvalue weighted by atomic mass is 9.88. The van der Waals surface area contributed by atoms with Crippen LogP contribution < -0.4 is 21.1 Å². The molecule has 0 atom stereocenters. The Bertz CT molecular complexity index is 597. The Kier molecular flexibility index (Phi) is 13.3. The summed E-state index contributed by atoms with van der Waals surface area (Å²) in [4.78, 5) is 31.0. The highest BCUT2D eigenvalue weighted by molar-refractivity contribution is 6.25. The Hall–Kier alpha value is -2.45. The lowest BCUT2D eigenvalue weighted by Gasteiger charge is -2.39. The fraction of sp³-hybridized carbons (Fsp3) is 0.524. The number of hydrogen-bond acceptors (Lipinski definition) is 8. The first-order valence-electron chi connectivity index (χ1n) is 9.64. The fourth-order valence-corrected chi connectivity index (χ4v) is 2.58. The summed E-state index contributed by atoms with van der Waals surface area (Å²) in [5.74, 6) is -5.50. The van der Waals surface area contributed by atoms with Crippen molar-refractivity contribution in [2.45, 2.75) is 57.5 Å². The second-order valence-electron chi connectivity index (χ2n) is 6.84. The van der Waals surface area contributed by atoms with Crippen LogP contribution in [0.2, 0.25) is 0 Å². The monoisotopic (exact) mass is 406 g/mol. The molecule has 8 heteroatoms. The summed E-state index contributed by atoms with van der Waals surface area (Å²) < 4.78 is 0. The van der Waals surface area contributed by atoms with Crippen LogP contribution in [0.4, 0.5) is 0 Å². The van der Waals surface area contributed by atoms with Gasteiger partial charge in [-0.3, -0.25) is 4.90 Å². The second-order valence-corrected chi connectivity index (χ2v) is 6.84. The number of likely N-dealkylation sites (tertiary alicyclic amines) is 1. The van der Waals surface area contributed by atoms with Gasteiger partial charge in [0.1, 0.15) is 0 Å². The Morgan fingerprint density at radius 1 is 1.03 bits per heavy atom. The number of carboxylic acids is 3. The van der Waals surface area contributed by atoms with E-state index < -0.39 is 23.4 Å². The quantitative estimate of drug-likeness (QED) is 0.448. The molecule has 1 saturated heterocycles. The largest absolute Gasteiger partial charge is 0.548 e. The highest BCUT2D eigenvalue weighted by Gasteiger charge is 2.31. The molecule has 1 aromatic carbocycles. The van der Waals surface area contributed by atoms with E-state index >= 15 is 0 Å². The standard InChI is InChI=1S/C13H18N2O2.C6H13.C2H2O4/c14-13(12(16)17)6-8-15(9-7-13)10-11-4-2-1-3-5-11;1-3-5-6-4-2;3-1(4)2(5)6/h1-5H,6-10,14H2,(H,16,17);1,3-6H2,2H3;(H,3,4)(H,5,6)/p-3. The number of benzene rings is 1. The van der Waals surface area contributed by atoms with Gasteiger partial charge in [0, 0.05) is 19.6 Å². The molecular weight excluding hydrogens is 376 g/mol. The van der Waals surface area contributed by atoms with Gasteiger partial charge < -0.3 is 35.4 Å². The summed E-state index contributed by atoms with van der Waals surface area (Å²) in [7, 11) is 0. The molecule has 2 rings (SSSR count). The van der Waals surface area contributed by atoms with E-state index in [4.69, 9.17) is 25.5 Å². The average molecular weight is 406 g/mol. The first-order valence-corrected chi connectivity index (χ1v) is 9.64. The molecule has 0 saturated carbocycles. The minimum Gasteiger partial charge on any atom is -0.548 e. The lowest BCUT2D eigenvalue weighted by Crippen LogP contribution is -2.60. The van der Waals surface area contributed by atoms with Gasteiger partial charge in [0.15, 0.2) is 0 Å². The number of carbonyl (C=O) groups is 3. The van der Waals surface area contributed by atoms with Crippen LogP contribution in [0.3, 0.4) is 0 Å². The highest BCUT2D eigenvalue weighted by atomic mass is 16.4. The van der Waals surface area contributed by atoms with Crippen LogP contribution >= 0.6 is 0 Å². The van der Waals surface area contributed by atoms with E-state index in [1.165, 1.54) is 24.8 Å². The van der Waals surface area contributed by atoms with Crippen molar-refractivity contribution in [2.24, 2.45) is 5.73 Å². The minimum atomic E-state index is -2.19. The zero-order valence-corrected chi connectivity index (χ0v) is 16.9. The summed E-state index contributed by atoms with van der Waals surface area (Å²) in [5.41, 5.74) is 5.88. The van der Waals surface area contributed by atoms with Crippen LogP contribution in [0.25, 0.3) is 0 Å². The first kappa shape index (κ1) is 26.6. The van der Waals surface area contributed by atoms with Crippen molar-refractivity contribution in [3.05, 3.63) is 42.8 Å². The minimum absolute atomic E-state index is 0.460. The van der Waals surface area contributed by atoms with E-state index in [1.807, 2.05) is 18.2 Å². The van der Waals surface area contributed by atoms with E-state index in [-0.39, 0.29) is 0 Å². The van der Waals surface area contributed by atoms with Crippen LogP contribution in [-0.4, -0.2) is 41.4 Å². The third-order valence-electron chi connectivity index (χ3n) is 4.42. The number of piperidine rings is 1. The number of hydrogen-bond donors (Lipinski definition) is 1. The number of aliphatic carboxylic acids is 3. The van der Waals surface area contributed by atoms with Crippen LogP contribution in [0.1, 0.15) is 51.0 Å². The van der Waals surface area contributed by atoms with E-state index in [1.54, 1.807) is 0 Å². The SMILES string of the molecule is NC1(C(=O)[O-])CCN(Cc2ccccc2)CC1.O=C([O-])C(=O)[O-].[CH2]CCCCC.